The molecule has 0 saturated carbocycles. The molecule has 41 heavy (non-hydrogen) atoms. The molecule has 0 heterocycles. The van der Waals surface area contributed by atoms with Crippen LogP contribution in [0.2, 0.25) is 0 Å². The minimum atomic E-state index is -1.27. The summed E-state index contributed by atoms with van der Waals surface area (Å²) in [6.45, 7) is 5.45. The van der Waals surface area contributed by atoms with Crippen molar-refractivity contribution in [3.63, 3.8) is 0 Å². The highest BCUT2D eigenvalue weighted by molar-refractivity contribution is 8.00. The summed E-state index contributed by atoms with van der Waals surface area (Å²) in [4.78, 5) is 57.3. The fourth-order valence-corrected chi connectivity index (χ4v) is 5.08. The number of thioether (sulfide) groups is 1. The summed E-state index contributed by atoms with van der Waals surface area (Å²) in [5.74, 6) is -1.58. The first kappa shape index (κ1) is 37.7. The molecule has 7 N–H and O–H groups in total. The topological polar surface area (TPSA) is 205 Å². The number of hydrogen-bond donors (Lipinski definition) is 6. The zero-order valence-electron chi connectivity index (χ0n) is 24.3. The van der Waals surface area contributed by atoms with Gasteiger partial charge in [0.15, 0.2) is 11.5 Å². The number of methoxy groups -OCH3 is 1. The first-order chi connectivity index (χ1) is 19.4. The molecule has 1 rings (SSSR count). The van der Waals surface area contributed by atoms with Crippen molar-refractivity contribution in [2.45, 2.75) is 95.5 Å². The molecular formula is C28H45N3O9S. The molecule has 0 aliphatic heterocycles. The molecule has 12 nitrogen and oxygen atoms in total. The second kappa shape index (κ2) is 21.4. The molecule has 0 fully saturated rings. The van der Waals surface area contributed by atoms with Gasteiger partial charge in [-0.2, -0.15) is 11.8 Å². The summed E-state index contributed by atoms with van der Waals surface area (Å²) in [6, 6.07) is 2.68. The third-order valence-electron chi connectivity index (χ3n) is 5.82. The Labute approximate surface area is 245 Å². The molecule has 0 spiro atoms. The Kier molecular flexibility index (Phi) is 19.7. The van der Waals surface area contributed by atoms with Gasteiger partial charge in [-0.15, -0.1) is 0 Å². The summed E-state index contributed by atoms with van der Waals surface area (Å²) in [5, 5.41) is 30.9. The predicted octanol–water partition coefficient (Wildman–Crippen LogP) is 2.49. The number of carbonyl (C=O) groups excluding carboxylic acids is 3. The number of carboxylic acid groups (broad SMARTS) is 2. The molecule has 0 saturated heterocycles. The maximum atomic E-state index is 12.9. The Balaban J connectivity index is 0.00000509. The van der Waals surface area contributed by atoms with Gasteiger partial charge in [-0.3, -0.25) is 24.0 Å². The van der Waals surface area contributed by atoms with Crippen molar-refractivity contribution in [1.29, 1.82) is 0 Å². The summed E-state index contributed by atoms with van der Waals surface area (Å²) in [6.07, 6.45) is 4.42. The number of unbranched alkanes of at least 4 members (excludes halogenated alkanes) is 2. The second-order valence-corrected chi connectivity index (χ2v) is 11.1. The number of carbonyl (C=O) groups is 5. The standard InChI is InChI=1S/C27H43N3O7S.CH2O2/c1-5-6-7-8-20(14-19(31)11-9-18-10-12-23(32)24(13-18)37-4)38-16-22(27(36)29-17(2)3)30-26(35)21(28)15-25(33)34;2-1-3/h10,12-13,17,20-22,32H,5-9,11,14-16,28H2,1-4H3,(H,29,36)(H,30,35)(H,33,34);1H,(H,2,3). The monoisotopic (exact) mass is 599 g/mol. The van der Waals surface area contributed by atoms with Crippen molar-refractivity contribution in [1.82, 2.24) is 10.6 Å². The van der Waals surface area contributed by atoms with Gasteiger partial charge in [0.05, 0.1) is 19.6 Å². The first-order valence-electron chi connectivity index (χ1n) is 13.5. The average molecular weight is 600 g/mol. The Morgan fingerprint density at radius 3 is 2.32 bits per heavy atom. The molecule has 0 radical (unpaired) electrons. The number of ketones is 1. The van der Waals surface area contributed by atoms with E-state index < -0.39 is 30.4 Å². The van der Waals surface area contributed by atoms with Gasteiger partial charge in [0.1, 0.15) is 11.8 Å². The van der Waals surface area contributed by atoms with Gasteiger partial charge in [0.2, 0.25) is 11.8 Å². The number of Topliss-reactive ketones (excluding diaryl/α,β-unsaturated/α-hetero) is 1. The van der Waals surface area contributed by atoms with Gasteiger partial charge in [-0.25, -0.2) is 0 Å². The highest BCUT2D eigenvalue weighted by atomic mass is 32.2. The van der Waals surface area contributed by atoms with Crippen LogP contribution in [0.4, 0.5) is 0 Å². The van der Waals surface area contributed by atoms with Crippen LogP contribution in [-0.4, -0.2) is 81.6 Å². The van der Waals surface area contributed by atoms with E-state index in [2.05, 4.69) is 17.6 Å². The van der Waals surface area contributed by atoms with Crippen molar-refractivity contribution in [2.75, 3.05) is 12.9 Å². The van der Waals surface area contributed by atoms with Crippen LogP contribution in [0.1, 0.15) is 71.3 Å². The maximum absolute atomic E-state index is 12.9. The van der Waals surface area contributed by atoms with E-state index >= 15 is 0 Å². The number of hydrogen-bond acceptors (Lipinski definition) is 9. The van der Waals surface area contributed by atoms with Crippen molar-refractivity contribution in [2.24, 2.45) is 5.73 Å². The number of ether oxygens (including phenoxy) is 1. The highest BCUT2D eigenvalue weighted by Crippen LogP contribution is 2.27. The van der Waals surface area contributed by atoms with Crippen LogP contribution in [0.25, 0.3) is 0 Å². The van der Waals surface area contributed by atoms with Crippen LogP contribution in [-0.2, 0) is 30.4 Å². The van der Waals surface area contributed by atoms with E-state index in [0.29, 0.717) is 25.0 Å². The van der Waals surface area contributed by atoms with E-state index in [-0.39, 0.29) is 41.0 Å². The molecule has 3 atom stereocenters. The molecule has 1 aromatic carbocycles. The largest absolute Gasteiger partial charge is 0.504 e. The fraction of sp³-hybridized carbons (Fsp3) is 0.607. The molecule has 0 aliphatic rings. The molecular weight excluding hydrogens is 554 g/mol. The number of aromatic hydroxyl groups is 1. The van der Waals surface area contributed by atoms with E-state index in [1.165, 1.54) is 18.9 Å². The number of benzene rings is 1. The van der Waals surface area contributed by atoms with Crippen molar-refractivity contribution >= 4 is 41.8 Å². The lowest BCUT2D eigenvalue weighted by Gasteiger charge is -2.23. The van der Waals surface area contributed by atoms with Gasteiger partial charge in [0, 0.05) is 29.9 Å². The minimum Gasteiger partial charge on any atom is -0.504 e. The number of nitrogens with one attached hydrogen (secondary N) is 2. The van der Waals surface area contributed by atoms with Gasteiger partial charge in [0.25, 0.3) is 6.47 Å². The molecule has 1 aromatic rings. The normalized spacial score (nSPS) is 12.7. The van der Waals surface area contributed by atoms with E-state index in [1.807, 2.05) is 0 Å². The summed E-state index contributed by atoms with van der Waals surface area (Å²) >= 11 is 1.45. The first-order valence-corrected chi connectivity index (χ1v) is 14.6. The van der Waals surface area contributed by atoms with Crippen LogP contribution in [0, 0.1) is 0 Å². The maximum Gasteiger partial charge on any atom is 0.305 e. The zero-order chi connectivity index (χ0) is 31.4. The third kappa shape index (κ3) is 17.2. The van der Waals surface area contributed by atoms with Gasteiger partial charge in [-0.05, 0) is 44.4 Å². The Morgan fingerprint density at radius 2 is 1.76 bits per heavy atom. The average Bonchev–Trinajstić information content (AvgIpc) is 2.89. The van der Waals surface area contributed by atoms with Crippen LogP contribution in [0.15, 0.2) is 18.2 Å². The molecule has 2 amide bonds. The Morgan fingerprint density at radius 1 is 1.10 bits per heavy atom. The van der Waals surface area contributed by atoms with Gasteiger partial charge >= 0.3 is 5.97 Å². The lowest BCUT2D eigenvalue weighted by molar-refractivity contribution is -0.139. The lowest BCUT2D eigenvalue weighted by atomic mass is 10.0. The third-order valence-corrected chi connectivity index (χ3v) is 7.22. The highest BCUT2D eigenvalue weighted by Gasteiger charge is 2.27. The molecule has 0 bridgehead atoms. The van der Waals surface area contributed by atoms with E-state index in [1.54, 1.807) is 32.0 Å². The Bertz CT molecular complexity index is 975. The number of rotatable bonds is 19. The van der Waals surface area contributed by atoms with Crippen LogP contribution in [0.3, 0.4) is 0 Å². The van der Waals surface area contributed by atoms with Crippen LogP contribution >= 0.6 is 11.8 Å². The molecule has 3 unspecified atom stereocenters. The molecule has 13 heteroatoms. The van der Waals surface area contributed by atoms with Crippen molar-refractivity contribution in [3.8, 4) is 11.5 Å². The minimum absolute atomic E-state index is 0.0395. The van der Waals surface area contributed by atoms with Gasteiger partial charge in [-0.1, -0.05) is 32.3 Å². The number of phenols is 1. The SMILES string of the molecule is CCCCCC(CC(=O)CCc1ccc(O)c(OC)c1)SCC(NC(=O)C(N)CC(=O)O)C(=O)NC(C)C.O=CO. The zero-order valence-corrected chi connectivity index (χ0v) is 25.1. The lowest BCUT2D eigenvalue weighted by Crippen LogP contribution is -2.54. The number of aryl methyl sites for hydroxylation is 1. The molecule has 0 aliphatic carbocycles. The molecule has 232 valence electrons. The number of nitrogens with two attached hydrogens (primary N) is 1. The summed E-state index contributed by atoms with van der Waals surface area (Å²) < 4.78 is 5.13. The van der Waals surface area contributed by atoms with E-state index in [9.17, 15) is 24.3 Å². The van der Waals surface area contributed by atoms with E-state index in [4.69, 9.17) is 25.5 Å². The number of amides is 2. The fourth-order valence-electron chi connectivity index (χ4n) is 3.74. The predicted molar refractivity (Wildman–Crippen MR) is 157 cm³/mol. The van der Waals surface area contributed by atoms with Crippen molar-refractivity contribution < 1.29 is 44.0 Å². The van der Waals surface area contributed by atoms with Gasteiger partial charge < -0.3 is 36.4 Å². The second-order valence-electron chi connectivity index (χ2n) is 9.73. The summed E-state index contributed by atoms with van der Waals surface area (Å²) in [7, 11) is 1.47. The van der Waals surface area contributed by atoms with Crippen LogP contribution in [0.5, 0.6) is 11.5 Å². The number of aliphatic carboxylic acids is 1. The number of carboxylic acids is 1. The summed E-state index contributed by atoms with van der Waals surface area (Å²) in [5.41, 5.74) is 6.56. The van der Waals surface area contributed by atoms with Crippen LogP contribution < -0.4 is 21.1 Å². The molecule has 0 aromatic heterocycles. The quantitative estimate of drug-likeness (QED) is 0.101. The number of phenolic OH excluding ortho intramolecular Hbond substituents is 1. The smallest absolute Gasteiger partial charge is 0.305 e. The van der Waals surface area contributed by atoms with Crippen molar-refractivity contribution in [3.05, 3.63) is 23.8 Å². The van der Waals surface area contributed by atoms with E-state index in [0.717, 1.165) is 31.2 Å². The Hall–Kier alpha value is -3.32.